The summed E-state index contributed by atoms with van der Waals surface area (Å²) in [5, 5.41) is 0.898. The molecule has 0 aliphatic heterocycles. The highest BCUT2D eigenvalue weighted by Gasteiger charge is 2.27. The van der Waals surface area contributed by atoms with Crippen molar-refractivity contribution in [3.63, 3.8) is 0 Å². The van der Waals surface area contributed by atoms with E-state index in [0.29, 0.717) is 26.9 Å². The van der Waals surface area contributed by atoms with Crippen LogP contribution in [0, 0.1) is 6.92 Å². The van der Waals surface area contributed by atoms with Gasteiger partial charge in [-0.2, -0.15) is 0 Å². The number of Topliss-reactive ketones (excluding diaryl/α,β-unsaturated/α-hetero) is 1. The molecule has 1 aromatic heterocycles. The predicted molar refractivity (Wildman–Crippen MR) is 117 cm³/mol. The average molecular weight is 451 g/mol. The van der Waals surface area contributed by atoms with Gasteiger partial charge < -0.3 is 4.57 Å². The van der Waals surface area contributed by atoms with E-state index in [-0.39, 0.29) is 28.5 Å². The van der Waals surface area contributed by atoms with E-state index in [1.807, 2.05) is 0 Å². The van der Waals surface area contributed by atoms with Gasteiger partial charge in [0.25, 0.3) is 10.0 Å². The Morgan fingerprint density at radius 2 is 1.76 bits per heavy atom. The summed E-state index contributed by atoms with van der Waals surface area (Å²) in [6.45, 7) is 3.49. The van der Waals surface area contributed by atoms with Crippen molar-refractivity contribution >= 4 is 44.7 Å². The molecule has 0 saturated carbocycles. The molecule has 8 heteroatoms. The Morgan fingerprint density at radius 3 is 2.34 bits per heavy atom. The first-order valence-corrected chi connectivity index (χ1v) is 11.2. The molecule has 0 aliphatic rings. The minimum atomic E-state index is -3.87. The van der Waals surface area contributed by atoms with E-state index in [2.05, 4.69) is 4.72 Å². The predicted octanol–water partition coefficient (Wildman–Crippen LogP) is 5.70. The fourth-order valence-electron chi connectivity index (χ4n) is 3.30. The molecular formula is C21H20Cl2N2O3S. The maximum atomic E-state index is 12.9. The summed E-state index contributed by atoms with van der Waals surface area (Å²) < 4.78 is 30.1. The Hall–Kier alpha value is -2.28. The molecule has 0 bridgehead atoms. The van der Waals surface area contributed by atoms with Crippen LogP contribution in [-0.2, 0) is 17.1 Å². The minimum Gasteiger partial charge on any atom is -0.339 e. The van der Waals surface area contributed by atoms with Crippen LogP contribution < -0.4 is 4.72 Å². The molecule has 152 valence electrons. The van der Waals surface area contributed by atoms with Crippen LogP contribution >= 0.6 is 23.2 Å². The normalized spacial score (nSPS) is 11.5. The topological polar surface area (TPSA) is 68.2 Å². The highest BCUT2D eigenvalue weighted by molar-refractivity contribution is 7.92. The van der Waals surface area contributed by atoms with Gasteiger partial charge in [0.2, 0.25) is 0 Å². The molecule has 0 fully saturated rings. The van der Waals surface area contributed by atoms with Crippen molar-refractivity contribution in [2.45, 2.75) is 25.2 Å². The van der Waals surface area contributed by atoms with Crippen molar-refractivity contribution in [1.82, 2.24) is 4.57 Å². The van der Waals surface area contributed by atoms with Gasteiger partial charge in [0.1, 0.15) is 5.69 Å². The molecule has 3 rings (SSSR count). The molecule has 0 atom stereocenters. The van der Waals surface area contributed by atoms with Crippen LogP contribution in [-0.4, -0.2) is 18.8 Å². The maximum absolute atomic E-state index is 12.9. The molecular weight excluding hydrogens is 431 g/mol. The first-order valence-electron chi connectivity index (χ1n) is 8.93. The van der Waals surface area contributed by atoms with E-state index in [0.717, 1.165) is 0 Å². The second-order valence-corrected chi connectivity index (χ2v) is 9.10. The third-order valence-electron chi connectivity index (χ3n) is 4.70. The van der Waals surface area contributed by atoms with E-state index < -0.39 is 10.0 Å². The summed E-state index contributed by atoms with van der Waals surface area (Å²) in [6.07, 6.45) is 0.227. The summed E-state index contributed by atoms with van der Waals surface area (Å²) in [5.41, 5.74) is 2.45. The van der Waals surface area contributed by atoms with E-state index in [1.165, 1.54) is 12.1 Å². The lowest BCUT2D eigenvalue weighted by Gasteiger charge is -2.10. The molecule has 0 spiro atoms. The van der Waals surface area contributed by atoms with Gasteiger partial charge in [-0.1, -0.05) is 48.3 Å². The van der Waals surface area contributed by atoms with Gasteiger partial charge in [-0.15, -0.1) is 0 Å². The molecule has 0 amide bonds. The average Bonchev–Trinajstić information content (AvgIpc) is 2.92. The highest BCUT2D eigenvalue weighted by Crippen LogP contribution is 2.39. The Kier molecular flexibility index (Phi) is 6.08. The van der Waals surface area contributed by atoms with Crippen LogP contribution in [0.1, 0.15) is 29.4 Å². The fraction of sp³-hybridized carbons (Fsp3) is 0.190. The first kappa shape index (κ1) is 21.4. The van der Waals surface area contributed by atoms with Crippen molar-refractivity contribution in [2.24, 2.45) is 7.05 Å². The zero-order chi connectivity index (χ0) is 21.3. The number of aromatic nitrogens is 1. The van der Waals surface area contributed by atoms with E-state index >= 15 is 0 Å². The number of anilines is 1. The van der Waals surface area contributed by atoms with Crippen LogP contribution in [0.15, 0.2) is 53.4 Å². The Morgan fingerprint density at radius 1 is 1.10 bits per heavy atom. The maximum Gasteiger partial charge on any atom is 0.261 e. The van der Waals surface area contributed by atoms with Crippen molar-refractivity contribution < 1.29 is 13.2 Å². The van der Waals surface area contributed by atoms with Gasteiger partial charge in [0.05, 0.1) is 21.3 Å². The van der Waals surface area contributed by atoms with Crippen LogP contribution in [0.3, 0.4) is 0 Å². The summed E-state index contributed by atoms with van der Waals surface area (Å²) in [4.78, 5) is 12.8. The molecule has 2 aromatic carbocycles. The monoisotopic (exact) mass is 450 g/mol. The number of rotatable bonds is 6. The van der Waals surface area contributed by atoms with Crippen molar-refractivity contribution in [3.05, 3.63) is 69.8 Å². The molecule has 0 aliphatic carbocycles. The second-order valence-electron chi connectivity index (χ2n) is 6.58. The van der Waals surface area contributed by atoms with Gasteiger partial charge in [-0.3, -0.25) is 9.52 Å². The number of benzene rings is 2. The van der Waals surface area contributed by atoms with Gasteiger partial charge in [-0.05, 0) is 42.8 Å². The summed E-state index contributed by atoms with van der Waals surface area (Å²) >= 11 is 12.4. The highest BCUT2D eigenvalue weighted by atomic mass is 35.5. The zero-order valence-corrected chi connectivity index (χ0v) is 18.5. The molecule has 1 heterocycles. The van der Waals surface area contributed by atoms with E-state index in [1.54, 1.807) is 61.9 Å². The number of nitrogens with one attached hydrogen (secondary N) is 1. The number of nitrogens with zero attached hydrogens (tertiary/aromatic N) is 1. The molecule has 1 N–H and O–H groups in total. The zero-order valence-electron chi connectivity index (χ0n) is 16.2. The lowest BCUT2D eigenvalue weighted by atomic mass is 10.1. The van der Waals surface area contributed by atoms with Crippen LogP contribution in [0.2, 0.25) is 10.0 Å². The SMILES string of the molecule is CCC(=O)c1c(NS(=O)(=O)c2ccccc2)c(C)c(-c2ccc(Cl)cc2Cl)n1C. The Labute approximate surface area is 180 Å². The van der Waals surface area contributed by atoms with Crippen molar-refractivity contribution in [3.8, 4) is 11.3 Å². The van der Waals surface area contributed by atoms with Gasteiger partial charge in [0, 0.05) is 24.1 Å². The number of hydrogen-bond donors (Lipinski definition) is 1. The molecule has 0 unspecified atom stereocenters. The number of carbonyl (C=O) groups excluding carboxylic acids is 1. The first-order chi connectivity index (χ1) is 13.7. The third kappa shape index (κ3) is 4.06. The van der Waals surface area contributed by atoms with E-state index in [4.69, 9.17) is 23.2 Å². The lowest BCUT2D eigenvalue weighted by Crippen LogP contribution is -2.16. The van der Waals surface area contributed by atoms with Crippen LogP contribution in [0.4, 0.5) is 5.69 Å². The van der Waals surface area contributed by atoms with Crippen LogP contribution in [0.5, 0.6) is 0 Å². The molecule has 5 nitrogen and oxygen atoms in total. The minimum absolute atomic E-state index is 0.115. The number of halogens is 2. The summed E-state index contributed by atoms with van der Waals surface area (Å²) in [5.74, 6) is -0.183. The molecule has 3 aromatic rings. The molecule has 29 heavy (non-hydrogen) atoms. The van der Waals surface area contributed by atoms with Crippen molar-refractivity contribution in [1.29, 1.82) is 0 Å². The summed E-state index contributed by atoms with van der Waals surface area (Å²) in [7, 11) is -2.15. The lowest BCUT2D eigenvalue weighted by molar-refractivity contribution is 0.0981. The van der Waals surface area contributed by atoms with Crippen LogP contribution in [0.25, 0.3) is 11.3 Å². The second kappa shape index (κ2) is 8.22. The standard InChI is InChI=1S/C21H20Cl2N2O3S/c1-4-18(26)21-19(24-29(27,28)15-8-6-5-7-9-15)13(2)20(25(21)3)16-11-10-14(22)12-17(16)23/h5-12,24H,4H2,1-3H3. The van der Waals surface area contributed by atoms with Gasteiger partial charge >= 0.3 is 0 Å². The smallest absolute Gasteiger partial charge is 0.261 e. The molecule has 0 radical (unpaired) electrons. The van der Waals surface area contributed by atoms with Gasteiger partial charge in [-0.25, -0.2) is 8.42 Å². The Balaban J connectivity index is 2.23. The fourth-order valence-corrected chi connectivity index (χ4v) is 4.95. The van der Waals surface area contributed by atoms with E-state index in [9.17, 15) is 13.2 Å². The number of hydrogen-bond acceptors (Lipinski definition) is 3. The number of carbonyl (C=O) groups is 1. The summed E-state index contributed by atoms with van der Waals surface area (Å²) in [6, 6.07) is 13.1. The van der Waals surface area contributed by atoms with Crippen molar-refractivity contribution in [2.75, 3.05) is 4.72 Å². The Bertz CT molecular complexity index is 1190. The number of ketones is 1. The third-order valence-corrected chi connectivity index (χ3v) is 6.61. The number of sulfonamides is 1. The quantitative estimate of drug-likeness (QED) is 0.489. The largest absolute Gasteiger partial charge is 0.339 e. The molecule has 0 saturated heterocycles. The van der Waals surface area contributed by atoms with Gasteiger partial charge in [0.15, 0.2) is 5.78 Å².